The number of carbonyl (C=O) groups excluding carboxylic acids is 2. The van der Waals surface area contributed by atoms with Gasteiger partial charge in [0.2, 0.25) is 0 Å². The van der Waals surface area contributed by atoms with Crippen molar-refractivity contribution in [1.82, 2.24) is 0 Å². The highest BCUT2D eigenvalue weighted by Crippen LogP contribution is 2.41. The summed E-state index contributed by atoms with van der Waals surface area (Å²) in [6, 6.07) is 0. The number of cyclic esters (lactones) is 1. The SMILES string of the molecule is CCC1=C(CC)C(CC)(CC)OC(=O)/C1=C\C(=O)OC. The standard InChI is InChI=1S/C16H24O4/c1-6-11-12(10-14(17)19-5)15(18)20-16(8-3,9-4)13(11)7-2/h10H,6-9H2,1-5H3/b12-10-. The second-order valence-electron chi connectivity index (χ2n) is 4.84. The fourth-order valence-corrected chi connectivity index (χ4v) is 2.94. The number of ether oxygens (including phenoxy) is 2. The summed E-state index contributed by atoms with van der Waals surface area (Å²) < 4.78 is 10.3. The van der Waals surface area contributed by atoms with Crippen LogP contribution in [0.5, 0.6) is 0 Å². The fourth-order valence-electron chi connectivity index (χ4n) is 2.94. The van der Waals surface area contributed by atoms with E-state index in [0.29, 0.717) is 12.0 Å². The molecule has 20 heavy (non-hydrogen) atoms. The summed E-state index contributed by atoms with van der Waals surface area (Å²) in [5.41, 5.74) is 1.87. The molecule has 0 radical (unpaired) electrons. The molecule has 0 unspecified atom stereocenters. The molecule has 112 valence electrons. The Kier molecular flexibility index (Phi) is 5.54. The molecule has 1 aliphatic rings. The quantitative estimate of drug-likeness (QED) is 0.572. The molecule has 0 aromatic heterocycles. The van der Waals surface area contributed by atoms with Gasteiger partial charge in [0.1, 0.15) is 5.60 Å². The van der Waals surface area contributed by atoms with Gasteiger partial charge in [-0.2, -0.15) is 0 Å². The zero-order chi connectivity index (χ0) is 15.3. The Bertz CT molecular complexity index is 453. The van der Waals surface area contributed by atoms with E-state index in [4.69, 9.17) is 4.74 Å². The first-order valence-electron chi connectivity index (χ1n) is 7.25. The Morgan fingerprint density at radius 3 is 2.20 bits per heavy atom. The minimum absolute atomic E-state index is 0.341. The highest BCUT2D eigenvalue weighted by Gasteiger charge is 2.41. The fraction of sp³-hybridized carbons (Fsp3) is 0.625. The average molecular weight is 280 g/mol. The van der Waals surface area contributed by atoms with Gasteiger partial charge in [-0.15, -0.1) is 0 Å². The van der Waals surface area contributed by atoms with Gasteiger partial charge in [-0.1, -0.05) is 27.7 Å². The molecule has 0 aromatic rings. The van der Waals surface area contributed by atoms with Crippen molar-refractivity contribution in [2.45, 2.75) is 59.0 Å². The molecule has 4 nitrogen and oxygen atoms in total. The summed E-state index contributed by atoms with van der Waals surface area (Å²) in [5.74, 6) is -0.952. The maximum Gasteiger partial charge on any atom is 0.339 e. The minimum atomic E-state index is -0.529. The van der Waals surface area contributed by atoms with Gasteiger partial charge in [-0.25, -0.2) is 9.59 Å². The monoisotopic (exact) mass is 280 g/mol. The Balaban J connectivity index is 3.48. The second-order valence-corrected chi connectivity index (χ2v) is 4.84. The van der Waals surface area contributed by atoms with E-state index >= 15 is 0 Å². The van der Waals surface area contributed by atoms with Gasteiger partial charge in [-0.3, -0.25) is 0 Å². The third kappa shape index (κ3) is 2.79. The van der Waals surface area contributed by atoms with E-state index in [9.17, 15) is 9.59 Å². The molecule has 0 aliphatic carbocycles. The lowest BCUT2D eigenvalue weighted by Crippen LogP contribution is -2.41. The van der Waals surface area contributed by atoms with Crippen LogP contribution >= 0.6 is 0 Å². The van der Waals surface area contributed by atoms with Crippen molar-refractivity contribution in [3.8, 4) is 0 Å². The Morgan fingerprint density at radius 2 is 1.80 bits per heavy atom. The lowest BCUT2D eigenvalue weighted by atomic mass is 9.78. The Labute approximate surface area is 120 Å². The van der Waals surface area contributed by atoms with Gasteiger partial charge < -0.3 is 9.47 Å². The molecule has 0 bridgehead atoms. The van der Waals surface area contributed by atoms with Gasteiger partial charge >= 0.3 is 11.9 Å². The van der Waals surface area contributed by atoms with Crippen LogP contribution in [-0.4, -0.2) is 24.6 Å². The molecule has 0 N–H and O–H groups in total. The van der Waals surface area contributed by atoms with Gasteiger partial charge in [0.05, 0.1) is 12.7 Å². The Hall–Kier alpha value is -1.58. The minimum Gasteiger partial charge on any atom is -0.466 e. The number of esters is 2. The summed E-state index contributed by atoms with van der Waals surface area (Å²) >= 11 is 0. The summed E-state index contributed by atoms with van der Waals surface area (Å²) in [4.78, 5) is 23.7. The number of carbonyl (C=O) groups is 2. The van der Waals surface area contributed by atoms with E-state index in [-0.39, 0.29) is 0 Å². The molecule has 0 fully saturated rings. The largest absolute Gasteiger partial charge is 0.466 e. The molecule has 1 aliphatic heterocycles. The van der Waals surface area contributed by atoms with Crippen LogP contribution in [0.1, 0.15) is 53.4 Å². The summed E-state index contributed by atoms with van der Waals surface area (Å²) in [6.45, 7) is 8.09. The molecule has 0 spiro atoms. The lowest BCUT2D eigenvalue weighted by Gasteiger charge is -2.40. The van der Waals surface area contributed by atoms with Crippen LogP contribution in [0.4, 0.5) is 0 Å². The van der Waals surface area contributed by atoms with Crippen molar-refractivity contribution < 1.29 is 19.1 Å². The molecule has 0 aromatic carbocycles. The molecule has 0 saturated heterocycles. The van der Waals surface area contributed by atoms with E-state index in [1.807, 2.05) is 20.8 Å². The Morgan fingerprint density at radius 1 is 1.20 bits per heavy atom. The first kappa shape index (κ1) is 16.5. The first-order valence-corrected chi connectivity index (χ1v) is 7.25. The van der Waals surface area contributed by atoms with Crippen molar-refractivity contribution in [2.24, 2.45) is 0 Å². The molecule has 4 heteroatoms. The van der Waals surface area contributed by atoms with Crippen molar-refractivity contribution >= 4 is 11.9 Å². The number of rotatable bonds is 5. The van der Waals surface area contributed by atoms with E-state index in [1.165, 1.54) is 13.2 Å². The molecule has 1 rings (SSSR count). The number of hydrogen-bond donors (Lipinski definition) is 0. The van der Waals surface area contributed by atoms with Crippen LogP contribution in [0.3, 0.4) is 0 Å². The first-order chi connectivity index (χ1) is 9.49. The van der Waals surface area contributed by atoms with Crippen LogP contribution in [-0.2, 0) is 19.1 Å². The van der Waals surface area contributed by atoms with Crippen LogP contribution in [0, 0.1) is 0 Å². The van der Waals surface area contributed by atoms with Crippen LogP contribution in [0.25, 0.3) is 0 Å². The summed E-state index contributed by atoms with van der Waals surface area (Å²) in [7, 11) is 1.30. The summed E-state index contributed by atoms with van der Waals surface area (Å²) in [6.07, 6.45) is 4.23. The van der Waals surface area contributed by atoms with Crippen molar-refractivity contribution in [3.05, 3.63) is 22.8 Å². The number of methoxy groups -OCH3 is 1. The predicted molar refractivity (Wildman–Crippen MR) is 77.1 cm³/mol. The highest BCUT2D eigenvalue weighted by molar-refractivity contribution is 6.01. The highest BCUT2D eigenvalue weighted by atomic mass is 16.6. The smallest absolute Gasteiger partial charge is 0.339 e. The van der Waals surface area contributed by atoms with Crippen LogP contribution < -0.4 is 0 Å². The zero-order valence-corrected chi connectivity index (χ0v) is 13.0. The summed E-state index contributed by atoms with van der Waals surface area (Å²) in [5, 5.41) is 0. The van der Waals surface area contributed by atoms with Gasteiger partial charge in [0.15, 0.2) is 0 Å². The van der Waals surface area contributed by atoms with Crippen LogP contribution in [0.15, 0.2) is 22.8 Å². The van der Waals surface area contributed by atoms with Gasteiger partial charge in [-0.05, 0) is 36.8 Å². The third-order valence-corrected chi connectivity index (χ3v) is 4.06. The number of hydrogen-bond acceptors (Lipinski definition) is 4. The lowest BCUT2D eigenvalue weighted by molar-refractivity contribution is -0.154. The average Bonchev–Trinajstić information content (AvgIpc) is 2.47. The molecular formula is C16H24O4. The topological polar surface area (TPSA) is 52.6 Å². The van der Waals surface area contributed by atoms with Crippen molar-refractivity contribution in [2.75, 3.05) is 7.11 Å². The predicted octanol–water partition coefficient (Wildman–Crippen LogP) is 3.32. The third-order valence-electron chi connectivity index (χ3n) is 4.06. The van der Waals surface area contributed by atoms with E-state index in [2.05, 4.69) is 11.7 Å². The van der Waals surface area contributed by atoms with Gasteiger partial charge in [0.25, 0.3) is 0 Å². The molecule has 0 saturated carbocycles. The van der Waals surface area contributed by atoms with Crippen LogP contribution in [0.2, 0.25) is 0 Å². The van der Waals surface area contributed by atoms with Gasteiger partial charge in [0, 0.05) is 6.08 Å². The van der Waals surface area contributed by atoms with Crippen molar-refractivity contribution in [3.63, 3.8) is 0 Å². The molecule has 0 amide bonds. The molecule has 1 heterocycles. The normalized spacial score (nSPS) is 20.1. The molecule has 0 atom stereocenters. The second kappa shape index (κ2) is 6.73. The maximum atomic E-state index is 12.3. The van der Waals surface area contributed by atoms with Crippen molar-refractivity contribution in [1.29, 1.82) is 0 Å². The maximum absolute atomic E-state index is 12.3. The van der Waals surface area contributed by atoms with E-state index in [1.54, 1.807) is 0 Å². The van der Waals surface area contributed by atoms with E-state index < -0.39 is 17.5 Å². The zero-order valence-electron chi connectivity index (χ0n) is 13.0. The molecular weight excluding hydrogens is 256 g/mol. The van der Waals surface area contributed by atoms with E-state index in [0.717, 1.165) is 30.4 Å².